The lowest BCUT2D eigenvalue weighted by atomic mass is 9.91. The second kappa shape index (κ2) is 14.8. The highest BCUT2D eigenvalue weighted by Crippen LogP contribution is 2.47. The van der Waals surface area contributed by atoms with Crippen LogP contribution in [-0.4, -0.2) is 0 Å². The van der Waals surface area contributed by atoms with Gasteiger partial charge in [-0.1, -0.05) is 176 Å². The molecule has 0 aliphatic carbocycles. The maximum atomic E-state index is 2.45. The number of hydrogen-bond acceptors (Lipinski definition) is 3. The second-order valence-electron chi connectivity index (χ2n) is 15.6. The number of fused-ring (bicyclic) bond motifs is 7. The van der Waals surface area contributed by atoms with Gasteiger partial charge in [0.2, 0.25) is 0 Å². The zero-order valence-corrected chi connectivity index (χ0v) is 34.8. The highest BCUT2D eigenvalue weighted by atomic mass is 32.1. The zero-order chi connectivity index (χ0) is 40.3. The largest absolute Gasteiger partial charge is 0.310 e. The maximum Gasteiger partial charge on any atom is 0.0540 e. The average molecular weight is 812 g/mol. The highest BCUT2D eigenvalue weighted by molar-refractivity contribution is 7.26. The lowest BCUT2D eigenvalue weighted by molar-refractivity contribution is 1.28. The van der Waals surface area contributed by atoms with Crippen LogP contribution in [0.2, 0.25) is 0 Å². The van der Waals surface area contributed by atoms with Crippen molar-refractivity contribution >= 4 is 90.9 Å². The molecule has 0 saturated heterocycles. The standard InChI is InChI=1S/C58H37NS2/c1-2-18-44-39(14-1)15-12-24-47(44)46-20-4-3-19-45(46)41-16-11-17-43(36-41)59(42-33-30-38(31-34-42)40-32-35-51-49-22-6-9-28-55(49)60-57(51)37-40)54-27-8-5-21-48(54)52-25-13-26-53-50-23-7-10-29-56(50)61-58(52)53/h1-37H. The van der Waals surface area contributed by atoms with E-state index >= 15 is 0 Å². The first kappa shape index (κ1) is 35.6. The van der Waals surface area contributed by atoms with E-state index in [1.807, 2.05) is 22.7 Å². The fraction of sp³-hybridized carbons (Fsp3) is 0. The summed E-state index contributed by atoms with van der Waals surface area (Å²) in [4.78, 5) is 2.45. The molecule has 2 heterocycles. The number of rotatable bonds is 7. The SMILES string of the molecule is c1cc(-c2ccccc2-c2cccc3ccccc23)cc(N(c2ccc(-c3ccc4c(c3)sc3ccccc34)cc2)c2ccccc2-c2cccc3c2sc2ccccc23)c1. The van der Waals surface area contributed by atoms with Crippen LogP contribution in [0.4, 0.5) is 17.1 Å². The van der Waals surface area contributed by atoms with E-state index < -0.39 is 0 Å². The summed E-state index contributed by atoms with van der Waals surface area (Å²) >= 11 is 3.75. The van der Waals surface area contributed by atoms with E-state index in [1.54, 1.807) is 0 Å². The Morgan fingerprint density at radius 1 is 0.279 bits per heavy atom. The van der Waals surface area contributed by atoms with Crippen molar-refractivity contribution in [2.24, 2.45) is 0 Å². The molecule has 0 fully saturated rings. The molecule has 61 heavy (non-hydrogen) atoms. The summed E-state index contributed by atoms with van der Waals surface area (Å²) in [5, 5.41) is 7.75. The molecule has 0 unspecified atom stereocenters. The van der Waals surface area contributed by atoms with Crippen LogP contribution >= 0.6 is 22.7 Å². The molecule has 10 aromatic carbocycles. The molecule has 0 saturated carbocycles. The van der Waals surface area contributed by atoms with E-state index in [2.05, 4.69) is 229 Å². The van der Waals surface area contributed by atoms with Gasteiger partial charge in [0.1, 0.15) is 0 Å². The minimum atomic E-state index is 1.10. The summed E-state index contributed by atoms with van der Waals surface area (Å²) in [5.41, 5.74) is 13.0. The van der Waals surface area contributed by atoms with Crippen molar-refractivity contribution in [1.82, 2.24) is 0 Å². The first-order valence-corrected chi connectivity index (χ1v) is 22.4. The second-order valence-corrected chi connectivity index (χ2v) is 17.7. The Bertz CT molecular complexity index is 3600. The summed E-state index contributed by atoms with van der Waals surface area (Å²) < 4.78 is 5.25. The summed E-state index contributed by atoms with van der Waals surface area (Å²) in [6.07, 6.45) is 0. The highest BCUT2D eigenvalue weighted by Gasteiger charge is 2.21. The molecule has 286 valence electrons. The van der Waals surface area contributed by atoms with Crippen molar-refractivity contribution in [3.8, 4) is 44.5 Å². The molecule has 0 aliphatic heterocycles. The summed E-state index contributed by atoms with van der Waals surface area (Å²) in [6.45, 7) is 0. The van der Waals surface area contributed by atoms with Gasteiger partial charge in [0, 0.05) is 62.8 Å². The predicted molar refractivity (Wildman–Crippen MR) is 266 cm³/mol. The molecule has 0 bridgehead atoms. The van der Waals surface area contributed by atoms with Gasteiger partial charge in [-0.25, -0.2) is 0 Å². The summed E-state index contributed by atoms with van der Waals surface area (Å²) in [6, 6.07) is 82.5. The molecular formula is C58H37NS2. The normalized spacial score (nSPS) is 11.6. The first-order valence-electron chi connectivity index (χ1n) is 20.7. The molecule has 1 nitrogen and oxygen atoms in total. The van der Waals surface area contributed by atoms with E-state index in [0.717, 1.165) is 17.1 Å². The van der Waals surface area contributed by atoms with E-state index in [0.29, 0.717) is 0 Å². The van der Waals surface area contributed by atoms with Crippen molar-refractivity contribution in [2.75, 3.05) is 4.90 Å². The number of anilines is 3. The number of benzene rings is 10. The lowest BCUT2D eigenvalue weighted by Gasteiger charge is -2.29. The topological polar surface area (TPSA) is 3.24 Å². The number of nitrogens with zero attached hydrogens (tertiary/aromatic N) is 1. The molecule has 12 rings (SSSR count). The number of thiophene rings is 2. The van der Waals surface area contributed by atoms with Gasteiger partial charge in [0.05, 0.1) is 5.69 Å². The van der Waals surface area contributed by atoms with Crippen LogP contribution in [0.15, 0.2) is 224 Å². The fourth-order valence-corrected chi connectivity index (χ4v) is 11.6. The minimum absolute atomic E-state index is 1.10. The van der Waals surface area contributed by atoms with Crippen molar-refractivity contribution < 1.29 is 0 Å². The van der Waals surface area contributed by atoms with Crippen LogP contribution in [0.3, 0.4) is 0 Å². The smallest absolute Gasteiger partial charge is 0.0540 e. The van der Waals surface area contributed by atoms with Gasteiger partial charge in [-0.05, 0) is 92.7 Å². The fourth-order valence-electron chi connectivity index (χ4n) is 9.23. The van der Waals surface area contributed by atoms with Gasteiger partial charge in [-0.2, -0.15) is 0 Å². The van der Waals surface area contributed by atoms with Crippen LogP contribution < -0.4 is 4.90 Å². The molecular weight excluding hydrogens is 775 g/mol. The van der Waals surface area contributed by atoms with E-state index in [1.165, 1.54) is 95.6 Å². The maximum absolute atomic E-state index is 2.45. The van der Waals surface area contributed by atoms with Crippen LogP contribution in [-0.2, 0) is 0 Å². The van der Waals surface area contributed by atoms with Crippen molar-refractivity contribution in [3.05, 3.63) is 224 Å². The van der Waals surface area contributed by atoms with Crippen molar-refractivity contribution in [2.45, 2.75) is 0 Å². The average Bonchev–Trinajstić information content (AvgIpc) is 3.90. The Hall–Kier alpha value is -7.30. The number of hydrogen-bond donors (Lipinski definition) is 0. The zero-order valence-electron chi connectivity index (χ0n) is 33.1. The monoisotopic (exact) mass is 811 g/mol. The van der Waals surface area contributed by atoms with Gasteiger partial charge in [0.15, 0.2) is 0 Å². The van der Waals surface area contributed by atoms with Crippen LogP contribution in [0.1, 0.15) is 0 Å². The van der Waals surface area contributed by atoms with Crippen LogP contribution in [0.25, 0.3) is 95.6 Å². The molecule has 0 radical (unpaired) electrons. The Labute approximate surface area is 362 Å². The predicted octanol–water partition coefficient (Wildman–Crippen LogP) is 17.7. The Kier molecular flexibility index (Phi) is 8.62. The number of para-hydroxylation sites is 1. The molecule has 0 N–H and O–H groups in total. The third-order valence-corrected chi connectivity index (χ3v) is 14.5. The molecule has 12 aromatic rings. The van der Waals surface area contributed by atoms with Gasteiger partial charge in [-0.15, -0.1) is 22.7 Å². The summed E-state index contributed by atoms with van der Waals surface area (Å²) in [7, 11) is 0. The third-order valence-electron chi connectivity index (χ3n) is 12.1. The molecule has 0 amide bonds. The molecule has 2 aromatic heterocycles. The first-order chi connectivity index (χ1) is 30.2. The van der Waals surface area contributed by atoms with Gasteiger partial charge >= 0.3 is 0 Å². The summed E-state index contributed by atoms with van der Waals surface area (Å²) in [5.74, 6) is 0. The minimum Gasteiger partial charge on any atom is -0.310 e. The van der Waals surface area contributed by atoms with Gasteiger partial charge in [-0.3, -0.25) is 0 Å². The van der Waals surface area contributed by atoms with Crippen molar-refractivity contribution in [1.29, 1.82) is 0 Å². The van der Waals surface area contributed by atoms with E-state index in [9.17, 15) is 0 Å². The van der Waals surface area contributed by atoms with Gasteiger partial charge < -0.3 is 4.90 Å². The third kappa shape index (κ3) is 6.13. The molecule has 3 heteroatoms. The molecule has 0 spiro atoms. The Morgan fingerprint density at radius 3 is 1.70 bits per heavy atom. The van der Waals surface area contributed by atoms with E-state index in [4.69, 9.17) is 0 Å². The Morgan fingerprint density at radius 2 is 0.852 bits per heavy atom. The van der Waals surface area contributed by atoms with Crippen LogP contribution in [0, 0.1) is 0 Å². The Balaban J connectivity index is 1.03. The van der Waals surface area contributed by atoms with Crippen molar-refractivity contribution in [3.63, 3.8) is 0 Å². The lowest BCUT2D eigenvalue weighted by Crippen LogP contribution is -2.11. The molecule has 0 aliphatic rings. The molecule has 0 atom stereocenters. The van der Waals surface area contributed by atoms with Gasteiger partial charge in [0.25, 0.3) is 0 Å². The van der Waals surface area contributed by atoms with Crippen LogP contribution in [0.5, 0.6) is 0 Å². The van der Waals surface area contributed by atoms with E-state index in [-0.39, 0.29) is 0 Å². The quantitative estimate of drug-likeness (QED) is 0.155.